The first-order chi connectivity index (χ1) is 8.98. The van der Waals surface area contributed by atoms with E-state index in [1.165, 1.54) is 6.92 Å². The molecule has 0 fully saturated rings. The summed E-state index contributed by atoms with van der Waals surface area (Å²) in [7, 11) is 0. The van der Waals surface area contributed by atoms with Crippen LogP contribution in [0.4, 0.5) is 26.3 Å². The van der Waals surface area contributed by atoms with Crippen molar-refractivity contribution in [1.29, 1.82) is 0 Å². The van der Waals surface area contributed by atoms with Crippen molar-refractivity contribution in [3.63, 3.8) is 0 Å². The summed E-state index contributed by atoms with van der Waals surface area (Å²) in [6, 6.07) is -0.525. The zero-order chi connectivity index (χ0) is 15.7. The Morgan fingerprint density at radius 2 is 1.62 bits per heavy atom. The van der Waals surface area contributed by atoms with Crippen LogP contribution in [0, 0.1) is 0 Å². The predicted octanol–water partition coefficient (Wildman–Crippen LogP) is 3.92. The van der Waals surface area contributed by atoms with Crippen LogP contribution in [0.5, 0.6) is 0 Å². The molecule has 3 N–H and O–H groups in total. The molecule has 0 radical (unpaired) electrons. The smallest absolute Gasteiger partial charge is 0.391 e. The largest absolute Gasteiger partial charge is 0.416 e. The van der Waals surface area contributed by atoms with E-state index in [0.29, 0.717) is 18.2 Å². The van der Waals surface area contributed by atoms with Gasteiger partial charge in [-0.15, -0.1) is 12.4 Å². The van der Waals surface area contributed by atoms with Crippen molar-refractivity contribution in [1.82, 2.24) is 0 Å². The Bertz CT molecular complexity index is 474. The minimum Gasteiger partial charge on any atom is -0.391 e. The first-order valence-corrected chi connectivity index (χ1v) is 5.70. The minimum absolute atomic E-state index is 0. The summed E-state index contributed by atoms with van der Waals surface area (Å²) in [5.41, 5.74) is 2.17. The van der Waals surface area contributed by atoms with E-state index in [0.717, 1.165) is 0 Å². The monoisotopic (exact) mass is 337 g/mol. The van der Waals surface area contributed by atoms with Gasteiger partial charge >= 0.3 is 12.4 Å². The molecular weight excluding hydrogens is 324 g/mol. The fourth-order valence-electron chi connectivity index (χ4n) is 1.73. The molecule has 0 amide bonds. The molecule has 0 bridgehead atoms. The Morgan fingerprint density at radius 1 is 1.10 bits per heavy atom. The molecule has 1 aromatic carbocycles. The lowest BCUT2D eigenvalue weighted by molar-refractivity contribution is -0.142. The van der Waals surface area contributed by atoms with Crippen LogP contribution in [0.15, 0.2) is 18.2 Å². The Morgan fingerprint density at radius 3 is 2.00 bits per heavy atom. The van der Waals surface area contributed by atoms with Gasteiger partial charge in [-0.2, -0.15) is 26.3 Å². The molecule has 0 saturated heterocycles. The molecule has 0 aromatic heterocycles. The molecule has 0 aliphatic heterocycles. The molecule has 0 unspecified atom stereocenters. The maximum Gasteiger partial charge on any atom is 0.416 e. The van der Waals surface area contributed by atoms with Crippen LogP contribution in [0.1, 0.15) is 36.1 Å². The van der Waals surface area contributed by atoms with Gasteiger partial charge in [-0.3, -0.25) is 0 Å². The molecule has 2 nitrogen and oxygen atoms in total. The van der Waals surface area contributed by atoms with Gasteiger partial charge in [0.05, 0.1) is 23.3 Å². The van der Waals surface area contributed by atoms with Gasteiger partial charge in [0, 0.05) is 0 Å². The fraction of sp³-hybridized carbons (Fsp3) is 0.500. The van der Waals surface area contributed by atoms with Gasteiger partial charge in [0.2, 0.25) is 0 Å². The number of rotatable bonds is 3. The van der Waals surface area contributed by atoms with E-state index in [4.69, 9.17) is 5.73 Å². The Balaban J connectivity index is 0.00000400. The van der Waals surface area contributed by atoms with Crippen LogP contribution in [0.25, 0.3) is 0 Å². The van der Waals surface area contributed by atoms with Gasteiger partial charge in [-0.05, 0) is 30.2 Å². The van der Waals surface area contributed by atoms with E-state index in [1.54, 1.807) is 0 Å². The lowest BCUT2D eigenvalue weighted by Gasteiger charge is -2.23. The van der Waals surface area contributed by atoms with Crippen LogP contribution >= 0.6 is 12.4 Å². The number of aliphatic hydroxyl groups excluding tert-OH is 1. The summed E-state index contributed by atoms with van der Waals surface area (Å²) in [4.78, 5) is 0. The summed E-state index contributed by atoms with van der Waals surface area (Å²) in [6.07, 6.45) is -11.0. The average Bonchev–Trinajstić information content (AvgIpc) is 2.34. The molecule has 0 saturated carbocycles. The van der Waals surface area contributed by atoms with E-state index in [9.17, 15) is 31.4 Å². The van der Waals surface area contributed by atoms with Gasteiger partial charge < -0.3 is 10.8 Å². The highest BCUT2D eigenvalue weighted by molar-refractivity contribution is 5.85. The zero-order valence-corrected chi connectivity index (χ0v) is 11.6. The Hall–Kier alpha value is -0.990. The van der Waals surface area contributed by atoms with Crippen LogP contribution in [0.2, 0.25) is 0 Å². The quantitative estimate of drug-likeness (QED) is 0.821. The highest BCUT2D eigenvalue weighted by Crippen LogP contribution is 2.38. The van der Waals surface area contributed by atoms with Crippen LogP contribution in [-0.4, -0.2) is 11.2 Å². The number of benzene rings is 1. The first kappa shape index (κ1) is 20.0. The van der Waals surface area contributed by atoms with Crippen molar-refractivity contribution in [2.45, 2.75) is 37.8 Å². The number of nitrogens with two attached hydrogens (primary N) is 1. The summed E-state index contributed by atoms with van der Waals surface area (Å²) >= 11 is 0. The molecule has 0 heterocycles. The second kappa shape index (κ2) is 6.85. The molecule has 0 spiro atoms. The molecule has 122 valence electrons. The SMILES string of the molecule is CC[C@@H](O)[C@@H](N)c1cc(C(F)(F)F)ccc1C(F)(F)F.Cl. The number of halogens is 7. The van der Waals surface area contributed by atoms with Gasteiger partial charge in [0.1, 0.15) is 0 Å². The van der Waals surface area contributed by atoms with Crippen LogP contribution in [-0.2, 0) is 12.4 Å². The Kier molecular flexibility index (Phi) is 6.52. The number of hydrogen-bond donors (Lipinski definition) is 2. The second-order valence-corrected chi connectivity index (χ2v) is 4.30. The lowest BCUT2D eigenvalue weighted by atomic mass is 9.93. The minimum atomic E-state index is -4.84. The van der Waals surface area contributed by atoms with Crippen molar-refractivity contribution < 1.29 is 31.4 Å². The molecule has 21 heavy (non-hydrogen) atoms. The highest BCUT2D eigenvalue weighted by Gasteiger charge is 2.38. The number of alkyl halides is 6. The average molecular weight is 338 g/mol. The third-order valence-corrected chi connectivity index (χ3v) is 2.88. The number of aliphatic hydroxyl groups is 1. The normalized spacial score (nSPS) is 15.3. The van der Waals surface area contributed by atoms with Crippen molar-refractivity contribution in [3.05, 3.63) is 34.9 Å². The molecule has 0 aliphatic rings. The van der Waals surface area contributed by atoms with E-state index < -0.39 is 41.2 Å². The first-order valence-electron chi connectivity index (χ1n) is 5.70. The third kappa shape index (κ3) is 4.76. The van der Waals surface area contributed by atoms with Crippen molar-refractivity contribution >= 4 is 12.4 Å². The van der Waals surface area contributed by atoms with Gasteiger partial charge in [-0.25, -0.2) is 0 Å². The molecular formula is C12H14ClF6NO. The van der Waals surface area contributed by atoms with Crippen molar-refractivity contribution in [2.75, 3.05) is 0 Å². The second-order valence-electron chi connectivity index (χ2n) is 4.30. The van der Waals surface area contributed by atoms with E-state index >= 15 is 0 Å². The molecule has 1 rings (SSSR count). The zero-order valence-electron chi connectivity index (χ0n) is 10.8. The molecule has 1 aromatic rings. The topological polar surface area (TPSA) is 46.2 Å². The highest BCUT2D eigenvalue weighted by atomic mass is 35.5. The maximum atomic E-state index is 12.8. The standard InChI is InChI=1S/C12H13F6NO.ClH/c1-2-9(20)10(19)7-5-6(11(13,14)15)3-4-8(7)12(16,17)18;/h3-5,9-10,20H,2,19H2,1H3;1H/t9-,10+;/m1./s1. The van der Waals surface area contributed by atoms with Gasteiger partial charge in [0.25, 0.3) is 0 Å². The summed E-state index contributed by atoms with van der Waals surface area (Å²) in [5.74, 6) is 0. The maximum absolute atomic E-state index is 12.8. The molecule has 0 aliphatic carbocycles. The van der Waals surface area contributed by atoms with Crippen molar-refractivity contribution in [2.24, 2.45) is 5.73 Å². The van der Waals surface area contributed by atoms with Gasteiger partial charge in [0.15, 0.2) is 0 Å². The predicted molar refractivity (Wildman–Crippen MR) is 66.9 cm³/mol. The summed E-state index contributed by atoms with van der Waals surface area (Å²) < 4.78 is 76.0. The van der Waals surface area contributed by atoms with E-state index in [-0.39, 0.29) is 18.8 Å². The summed E-state index contributed by atoms with van der Waals surface area (Å²) in [5, 5.41) is 9.49. The molecule has 2 atom stereocenters. The van der Waals surface area contributed by atoms with E-state index in [1.807, 2.05) is 0 Å². The van der Waals surface area contributed by atoms with Crippen LogP contribution < -0.4 is 5.73 Å². The number of hydrogen-bond acceptors (Lipinski definition) is 2. The molecule has 9 heteroatoms. The van der Waals surface area contributed by atoms with Gasteiger partial charge in [-0.1, -0.05) is 6.92 Å². The summed E-state index contributed by atoms with van der Waals surface area (Å²) in [6.45, 7) is 1.46. The Labute approximate surface area is 123 Å². The van der Waals surface area contributed by atoms with Crippen molar-refractivity contribution in [3.8, 4) is 0 Å². The van der Waals surface area contributed by atoms with Crippen LogP contribution in [0.3, 0.4) is 0 Å². The fourth-order valence-corrected chi connectivity index (χ4v) is 1.73. The van der Waals surface area contributed by atoms with E-state index in [2.05, 4.69) is 0 Å². The third-order valence-electron chi connectivity index (χ3n) is 2.88. The lowest BCUT2D eigenvalue weighted by Crippen LogP contribution is -2.28.